The number of allylic oxidation sites excluding steroid dienone is 1. The van der Waals surface area contributed by atoms with Crippen molar-refractivity contribution in [3.63, 3.8) is 0 Å². The maximum Gasteiger partial charge on any atom is 0.239 e. The van der Waals surface area contributed by atoms with E-state index in [1.165, 1.54) is 11.8 Å². The smallest absolute Gasteiger partial charge is 0.239 e. The number of thioether (sulfide) groups is 1. The monoisotopic (exact) mass is 399 g/mol. The van der Waals surface area contributed by atoms with Crippen LogP contribution < -0.4 is 4.74 Å². The van der Waals surface area contributed by atoms with E-state index in [2.05, 4.69) is 47.7 Å². The summed E-state index contributed by atoms with van der Waals surface area (Å²) in [7, 11) is 1.65. The molecule has 2 aromatic heterocycles. The molecule has 2 heterocycles. The molecule has 28 heavy (non-hydrogen) atoms. The number of ether oxygens (including phenoxy) is 1. The molecular formula is C20H25N5O2S. The van der Waals surface area contributed by atoms with Crippen LogP contribution in [0.25, 0.3) is 11.4 Å². The zero-order chi connectivity index (χ0) is 20.3. The maximum absolute atomic E-state index is 5.48. The summed E-state index contributed by atoms with van der Waals surface area (Å²) < 4.78 is 13.0. The molecule has 1 aromatic carbocycles. The Bertz CT molecular complexity index is 958. The van der Waals surface area contributed by atoms with Crippen LogP contribution in [0.3, 0.4) is 0 Å². The predicted octanol–water partition coefficient (Wildman–Crippen LogP) is 4.67. The fourth-order valence-electron chi connectivity index (χ4n) is 2.61. The van der Waals surface area contributed by atoms with Crippen LogP contribution in [0, 0.1) is 0 Å². The second-order valence-corrected chi connectivity index (χ2v) is 8.68. The lowest BCUT2D eigenvalue weighted by Crippen LogP contribution is -2.13. The number of nitrogens with zero attached hydrogens (tertiary/aromatic N) is 5. The van der Waals surface area contributed by atoms with Crippen molar-refractivity contribution in [1.29, 1.82) is 0 Å². The summed E-state index contributed by atoms with van der Waals surface area (Å²) in [4.78, 5) is 4.55. The normalized spacial score (nSPS) is 12.8. The van der Waals surface area contributed by atoms with Crippen LogP contribution in [0.15, 0.2) is 46.6 Å². The Morgan fingerprint density at radius 1 is 1.29 bits per heavy atom. The Balaban J connectivity index is 1.91. The van der Waals surface area contributed by atoms with E-state index >= 15 is 0 Å². The molecule has 8 heteroatoms. The molecule has 3 rings (SSSR count). The van der Waals surface area contributed by atoms with Crippen molar-refractivity contribution in [2.75, 3.05) is 7.11 Å². The van der Waals surface area contributed by atoms with Crippen molar-refractivity contribution >= 4 is 11.8 Å². The van der Waals surface area contributed by atoms with Crippen LogP contribution >= 0.6 is 11.8 Å². The van der Waals surface area contributed by atoms with E-state index in [-0.39, 0.29) is 10.7 Å². The molecule has 0 fully saturated rings. The third kappa shape index (κ3) is 4.11. The average Bonchev–Trinajstić information content (AvgIpc) is 3.30. The highest BCUT2D eigenvalue weighted by Gasteiger charge is 2.25. The van der Waals surface area contributed by atoms with Crippen LogP contribution in [0.4, 0.5) is 0 Å². The highest BCUT2D eigenvalue weighted by atomic mass is 32.2. The van der Waals surface area contributed by atoms with Crippen LogP contribution in [0.5, 0.6) is 5.75 Å². The number of methoxy groups -OCH3 is 1. The summed E-state index contributed by atoms with van der Waals surface area (Å²) in [5, 5.41) is 13.6. The van der Waals surface area contributed by atoms with E-state index in [1.54, 1.807) is 7.11 Å². The number of hydrogen-bond donors (Lipinski definition) is 0. The largest absolute Gasteiger partial charge is 0.496 e. The lowest BCUT2D eigenvalue weighted by Gasteiger charge is -2.12. The molecule has 148 valence electrons. The van der Waals surface area contributed by atoms with Crippen LogP contribution in [-0.4, -0.2) is 32.0 Å². The number of para-hydroxylation sites is 1. The first-order valence-corrected chi connectivity index (χ1v) is 9.91. The van der Waals surface area contributed by atoms with Gasteiger partial charge >= 0.3 is 0 Å². The number of hydrogen-bond acceptors (Lipinski definition) is 7. The van der Waals surface area contributed by atoms with Gasteiger partial charge in [0.2, 0.25) is 5.89 Å². The highest BCUT2D eigenvalue weighted by molar-refractivity contribution is 7.99. The van der Waals surface area contributed by atoms with Crippen molar-refractivity contribution < 1.29 is 9.26 Å². The maximum atomic E-state index is 5.48. The van der Waals surface area contributed by atoms with Crippen molar-refractivity contribution in [2.45, 2.75) is 50.1 Å². The van der Waals surface area contributed by atoms with E-state index in [0.717, 1.165) is 22.3 Å². The summed E-state index contributed by atoms with van der Waals surface area (Å²) in [5.74, 6) is 2.74. The minimum absolute atomic E-state index is 0.0677. The SMILES string of the molecule is C=CCn1c(SC(C)c2nc(C(C)(C)C)no2)nnc1-c1ccccc1OC. The third-order valence-corrected chi connectivity index (χ3v) is 5.19. The molecule has 0 saturated heterocycles. The number of rotatable bonds is 7. The molecule has 0 amide bonds. The molecule has 0 radical (unpaired) electrons. The second-order valence-electron chi connectivity index (χ2n) is 7.37. The quantitative estimate of drug-likeness (QED) is 0.422. The highest BCUT2D eigenvalue weighted by Crippen LogP contribution is 2.37. The van der Waals surface area contributed by atoms with E-state index in [1.807, 2.05) is 41.8 Å². The first-order chi connectivity index (χ1) is 13.3. The van der Waals surface area contributed by atoms with Crippen molar-refractivity contribution in [3.8, 4) is 17.1 Å². The van der Waals surface area contributed by atoms with Gasteiger partial charge in [-0.3, -0.25) is 4.57 Å². The fraction of sp³-hybridized carbons (Fsp3) is 0.400. The molecule has 0 aliphatic heterocycles. The van der Waals surface area contributed by atoms with Crippen molar-refractivity contribution in [3.05, 3.63) is 48.6 Å². The minimum Gasteiger partial charge on any atom is -0.496 e. The molecule has 0 aliphatic carbocycles. The van der Waals surface area contributed by atoms with Crippen molar-refractivity contribution in [1.82, 2.24) is 24.9 Å². The molecule has 1 atom stereocenters. The summed E-state index contributed by atoms with van der Waals surface area (Å²) >= 11 is 1.52. The molecular weight excluding hydrogens is 374 g/mol. The van der Waals surface area contributed by atoms with Gasteiger partial charge in [0.25, 0.3) is 0 Å². The first kappa shape index (κ1) is 20.1. The molecule has 0 bridgehead atoms. The zero-order valence-corrected chi connectivity index (χ0v) is 17.7. The Morgan fingerprint density at radius 3 is 2.68 bits per heavy atom. The summed E-state index contributed by atoms with van der Waals surface area (Å²) in [6, 6.07) is 7.75. The molecule has 0 aliphatic rings. The molecule has 0 spiro atoms. The Morgan fingerprint density at radius 2 is 2.04 bits per heavy atom. The van der Waals surface area contributed by atoms with E-state index < -0.39 is 0 Å². The van der Waals surface area contributed by atoms with E-state index in [4.69, 9.17) is 9.26 Å². The van der Waals surface area contributed by atoms with Gasteiger partial charge in [-0.05, 0) is 19.1 Å². The molecule has 3 aromatic rings. The van der Waals surface area contributed by atoms with Gasteiger partial charge < -0.3 is 9.26 Å². The molecule has 7 nitrogen and oxygen atoms in total. The van der Waals surface area contributed by atoms with Crippen molar-refractivity contribution in [2.24, 2.45) is 0 Å². The number of aromatic nitrogens is 5. The third-order valence-electron chi connectivity index (χ3n) is 4.12. The van der Waals surface area contributed by atoms with Crippen LogP contribution in [0.2, 0.25) is 0 Å². The summed E-state index contributed by atoms with van der Waals surface area (Å²) in [6.07, 6.45) is 1.82. The van der Waals surface area contributed by atoms with Gasteiger partial charge in [-0.25, -0.2) is 0 Å². The molecule has 0 saturated carbocycles. The summed E-state index contributed by atoms with van der Waals surface area (Å²) in [6.45, 7) is 12.6. The van der Waals surface area contributed by atoms with Gasteiger partial charge in [0.05, 0.1) is 17.9 Å². The van der Waals surface area contributed by atoms with Gasteiger partial charge in [0.1, 0.15) is 5.75 Å². The first-order valence-electron chi connectivity index (χ1n) is 9.03. The zero-order valence-electron chi connectivity index (χ0n) is 16.8. The lowest BCUT2D eigenvalue weighted by molar-refractivity contribution is 0.364. The summed E-state index contributed by atoms with van der Waals surface area (Å²) in [5.41, 5.74) is 0.720. The molecule has 1 unspecified atom stereocenters. The topological polar surface area (TPSA) is 78.9 Å². The van der Waals surface area contributed by atoms with E-state index in [0.29, 0.717) is 18.3 Å². The Labute approximate surface area is 169 Å². The predicted molar refractivity (Wildman–Crippen MR) is 109 cm³/mol. The minimum atomic E-state index is -0.161. The van der Waals surface area contributed by atoms with Gasteiger partial charge in [-0.2, -0.15) is 4.98 Å². The van der Waals surface area contributed by atoms with Gasteiger partial charge in [0, 0.05) is 12.0 Å². The van der Waals surface area contributed by atoms with Crippen LogP contribution in [0.1, 0.15) is 44.7 Å². The standard InChI is InChI=1S/C20H25N5O2S/c1-7-12-25-16(14-10-8-9-11-15(14)26-6)22-23-19(25)28-13(2)17-21-18(24-27-17)20(3,4)5/h7-11,13H,1,12H2,2-6H3. The van der Waals surface area contributed by atoms with E-state index in [9.17, 15) is 0 Å². The van der Waals surface area contributed by atoms with Gasteiger partial charge in [0.15, 0.2) is 16.8 Å². The average molecular weight is 400 g/mol. The Hall–Kier alpha value is -2.61. The lowest BCUT2D eigenvalue weighted by atomic mass is 9.96. The second kappa shape index (κ2) is 8.18. The Kier molecular flexibility index (Phi) is 5.88. The fourth-order valence-corrected chi connectivity index (χ4v) is 3.50. The van der Waals surface area contributed by atoms with Gasteiger partial charge in [-0.15, -0.1) is 16.8 Å². The molecule has 0 N–H and O–H groups in total. The van der Waals surface area contributed by atoms with Crippen LogP contribution in [-0.2, 0) is 12.0 Å². The number of benzene rings is 1. The van der Waals surface area contributed by atoms with Gasteiger partial charge in [-0.1, -0.05) is 55.9 Å².